The Morgan fingerprint density at radius 2 is 1.27 bits per heavy atom. The Labute approximate surface area is 190 Å². The summed E-state index contributed by atoms with van der Waals surface area (Å²) in [4.78, 5) is 2.50. The molecule has 0 spiro atoms. The summed E-state index contributed by atoms with van der Waals surface area (Å²) < 4.78 is 19.6. The topological polar surface area (TPSA) is 51.2 Å². The Morgan fingerprint density at radius 3 is 1.70 bits per heavy atom. The Kier molecular flexibility index (Phi) is 10.1. The predicted molar refractivity (Wildman–Crippen MR) is 135 cm³/mol. The van der Waals surface area contributed by atoms with E-state index < -0.39 is 25.2 Å². The van der Waals surface area contributed by atoms with Crippen molar-refractivity contribution >= 4 is 25.2 Å². The van der Waals surface area contributed by atoms with E-state index in [-0.39, 0.29) is 17.7 Å². The van der Waals surface area contributed by atoms with E-state index in [0.29, 0.717) is 6.10 Å². The number of ether oxygens (including phenoxy) is 1. The molecule has 180 valence electrons. The van der Waals surface area contributed by atoms with Gasteiger partial charge in [-0.25, -0.2) is 0 Å². The minimum atomic E-state index is -2.17. The van der Waals surface area contributed by atoms with E-state index in [9.17, 15) is 0 Å². The molecule has 0 bridgehead atoms. The quantitative estimate of drug-likeness (QED) is 0.294. The molecule has 0 radical (unpaired) electrons. The third-order valence-corrected chi connectivity index (χ3v) is 18.0. The second kappa shape index (κ2) is 10.6. The highest BCUT2D eigenvalue weighted by Gasteiger charge is 2.43. The average Bonchev–Trinajstić information content (AvgIpc) is 2.52. The lowest BCUT2D eigenvalue weighted by Crippen LogP contribution is -2.60. The van der Waals surface area contributed by atoms with E-state index in [4.69, 9.17) is 18.1 Å². The smallest absolute Gasteiger partial charge is 0.311 e. The zero-order valence-electron chi connectivity index (χ0n) is 21.9. The summed E-state index contributed by atoms with van der Waals surface area (Å²) in [6, 6.07) is 2.09. The van der Waals surface area contributed by atoms with Crippen LogP contribution in [0.5, 0.6) is 0 Å². The molecule has 0 aromatic rings. The largest absolute Gasteiger partial charge is 0.437 e. The SMILES string of the molecule is CN1C(C)(C)CC(OCCC[Si](C)(C)O[Si](C)(C)O[Si](C)(C)CCCO)CC1(C)C. The third-order valence-electron chi connectivity index (χ3n) is 6.53. The fraction of sp³-hybridized carbons (Fsp3) is 1.00. The van der Waals surface area contributed by atoms with Crippen molar-refractivity contribution in [1.82, 2.24) is 4.90 Å². The highest BCUT2D eigenvalue weighted by molar-refractivity contribution is 6.87. The number of likely N-dealkylation sites (tertiary alicyclic amines) is 1. The summed E-state index contributed by atoms with van der Waals surface area (Å²) >= 11 is 0. The van der Waals surface area contributed by atoms with Crippen molar-refractivity contribution in [2.24, 2.45) is 0 Å². The van der Waals surface area contributed by atoms with Crippen molar-refractivity contribution < 1.29 is 18.1 Å². The average molecular weight is 478 g/mol. The molecule has 1 aliphatic rings. The fourth-order valence-corrected chi connectivity index (χ4v) is 19.1. The number of piperidine rings is 1. The molecule has 0 aromatic heterocycles. The van der Waals surface area contributed by atoms with E-state index in [1.165, 1.54) is 0 Å². The number of aliphatic hydroxyl groups is 1. The second-order valence-corrected chi connectivity index (χ2v) is 24.6. The summed E-state index contributed by atoms with van der Waals surface area (Å²) in [6.07, 6.45) is 4.40. The van der Waals surface area contributed by atoms with Crippen LogP contribution < -0.4 is 0 Å². The first-order chi connectivity index (χ1) is 13.4. The van der Waals surface area contributed by atoms with Crippen LogP contribution in [0.2, 0.25) is 51.4 Å². The minimum absolute atomic E-state index is 0.170. The molecule has 1 heterocycles. The highest BCUT2D eigenvalue weighted by atomic mass is 28.5. The van der Waals surface area contributed by atoms with Crippen LogP contribution in [-0.4, -0.2) is 72.6 Å². The van der Waals surface area contributed by atoms with Crippen LogP contribution in [0.3, 0.4) is 0 Å². The molecular weight excluding hydrogens is 427 g/mol. The molecule has 1 saturated heterocycles. The first-order valence-corrected chi connectivity index (χ1v) is 20.8. The zero-order chi connectivity index (χ0) is 23.4. The molecule has 0 aliphatic carbocycles. The maximum Gasteiger partial charge on any atom is 0.311 e. The Bertz CT molecular complexity index is 520. The summed E-state index contributed by atoms with van der Waals surface area (Å²) in [6.45, 7) is 23.9. The normalized spacial score (nSPS) is 21.2. The van der Waals surface area contributed by atoms with Gasteiger partial charge in [-0.3, -0.25) is 4.90 Å². The van der Waals surface area contributed by atoms with Gasteiger partial charge in [0.05, 0.1) is 6.10 Å². The van der Waals surface area contributed by atoms with Crippen LogP contribution in [-0.2, 0) is 13.0 Å². The number of aliphatic hydroxyl groups excluding tert-OH is 1. The molecule has 1 N–H and O–H groups in total. The van der Waals surface area contributed by atoms with Gasteiger partial charge in [0.15, 0.2) is 16.6 Å². The van der Waals surface area contributed by atoms with Crippen LogP contribution in [0.25, 0.3) is 0 Å². The summed E-state index contributed by atoms with van der Waals surface area (Å²) in [7, 11) is -3.51. The molecule has 0 aromatic carbocycles. The van der Waals surface area contributed by atoms with Crippen molar-refractivity contribution in [3.8, 4) is 0 Å². The first-order valence-electron chi connectivity index (χ1n) is 11.8. The van der Waals surface area contributed by atoms with Gasteiger partial charge >= 0.3 is 8.56 Å². The van der Waals surface area contributed by atoms with Gasteiger partial charge in [-0.05, 0) is 112 Å². The molecule has 0 amide bonds. The Balaban J connectivity index is 2.48. The standard InChI is InChI=1S/C22H51NO4Si3/c1-21(2)18-20(19-22(3,4)23(21)5)25-15-13-17-29(8,9)27-30(10,11)26-28(6,7)16-12-14-24/h20,24H,12-19H2,1-11H3. The van der Waals surface area contributed by atoms with Gasteiger partial charge in [0, 0.05) is 24.3 Å². The summed E-state index contributed by atoms with van der Waals surface area (Å²) in [5.74, 6) is 0. The minimum Gasteiger partial charge on any atom is -0.437 e. The molecule has 8 heteroatoms. The molecule has 0 unspecified atom stereocenters. The number of hydrogen-bond acceptors (Lipinski definition) is 5. The number of rotatable bonds is 12. The number of nitrogens with zero attached hydrogens (tertiary/aromatic N) is 1. The van der Waals surface area contributed by atoms with Gasteiger partial charge in [0.25, 0.3) is 0 Å². The van der Waals surface area contributed by atoms with E-state index in [1.807, 2.05) is 0 Å². The van der Waals surface area contributed by atoms with Crippen molar-refractivity contribution in [2.45, 2.75) is 122 Å². The van der Waals surface area contributed by atoms with E-state index in [1.54, 1.807) is 0 Å². The Morgan fingerprint density at radius 1 is 0.833 bits per heavy atom. The summed E-state index contributed by atoms with van der Waals surface area (Å²) in [5, 5.41) is 9.14. The highest BCUT2D eigenvalue weighted by Crippen LogP contribution is 2.38. The number of hydrogen-bond donors (Lipinski definition) is 1. The molecule has 1 rings (SSSR count). The first kappa shape index (κ1) is 28.5. The third kappa shape index (κ3) is 9.52. The molecule has 1 aliphatic heterocycles. The van der Waals surface area contributed by atoms with Gasteiger partial charge in [0.2, 0.25) is 0 Å². The molecule has 1 fully saturated rings. The molecular formula is C22H51NO4Si3. The fourth-order valence-electron chi connectivity index (χ4n) is 5.10. The van der Waals surface area contributed by atoms with Crippen LogP contribution in [0, 0.1) is 0 Å². The zero-order valence-corrected chi connectivity index (χ0v) is 24.9. The van der Waals surface area contributed by atoms with Crippen molar-refractivity contribution in [3.05, 3.63) is 0 Å². The van der Waals surface area contributed by atoms with Crippen molar-refractivity contribution in [1.29, 1.82) is 0 Å². The molecule has 5 nitrogen and oxygen atoms in total. The van der Waals surface area contributed by atoms with Gasteiger partial charge in [0.1, 0.15) is 0 Å². The molecule has 30 heavy (non-hydrogen) atoms. The van der Waals surface area contributed by atoms with Gasteiger partial charge in [-0.2, -0.15) is 0 Å². The van der Waals surface area contributed by atoms with Gasteiger partial charge in [-0.1, -0.05) is 0 Å². The van der Waals surface area contributed by atoms with Crippen molar-refractivity contribution in [2.75, 3.05) is 20.3 Å². The summed E-state index contributed by atoms with van der Waals surface area (Å²) in [5.41, 5.74) is 0.340. The van der Waals surface area contributed by atoms with Crippen LogP contribution >= 0.6 is 0 Å². The van der Waals surface area contributed by atoms with Crippen LogP contribution in [0.1, 0.15) is 53.4 Å². The van der Waals surface area contributed by atoms with E-state index in [2.05, 4.69) is 78.9 Å². The lowest BCUT2D eigenvalue weighted by Gasteiger charge is -2.53. The Hall–Kier alpha value is 0.451. The van der Waals surface area contributed by atoms with Crippen LogP contribution in [0.15, 0.2) is 0 Å². The molecule has 0 saturated carbocycles. The predicted octanol–water partition coefficient (Wildman–Crippen LogP) is 5.57. The lowest BCUT2D eigenvalue weighted by atomic mass is 9.79. The van der Waals surface area contributed by atoms with E-state index >= 15 is 0 Å². The van der Waals surface area contributed by atoms with Gasteiger partial charge < -0.3 is 18.1 Å². The van der Waals surface area contributed by atoms with Gasteiger partial charge in [-0.15, -0.1) is 0 Å². The van der Waals surface area contributed by atoms with E-state index in [0.717, 1.165) is 44.4 Å². The van der Waals surface area contributed by atoms with Crippen molar-refractivity contribution in [3.63, 3.8) is 0 Å². The van der Waals surface area contributed by atoms with Crippen LogP contribution in [0.4, 0.5) is 0 Å². The second-order valence-electron chi connectivity index (χ2n) is 12.1. The lowest BCUT2D eigenvalue weighted by molar-refractivity contribution is -0.0912. The monoisotopic (exact) mass is 477 g/mol. The molecule has 0 atom stereocenters. The maximum atomic E-state index is 9.14. The maximum absolute atomic E-state index is 9.14.